The van der Waals surface area contributed by atoms with Crippen molar-refractivity contribution in [3.05, 3.63) is 61.1 Å². The van der Waals surface area contributed by atoms with Crippen LogP contribution in [0, 0.1) is 10.1 Å². The van der Waals surface area contributed by atoms with Gasteiger partial charge < -0.3 is 9.99 Å². The molecule has 0 saturated carbocycles. The number of nitro groups is 1. The number of nitrogen functional groups attached to an aromatic ring is 1. The summed E-state index contributed by atoms with van der Waals surface area (Å²) in [5, 5.41) is 10.8. The van der Waals surface area contributed by atoms with Gasteiger partial charge in [0, 0.05) is 16.7 Å². The Hall–Kier alpha value is -2.26. The molecule has 9 heteroatoms. The van der Waals surface area contributed by atoms with Crippen LogP contribution in [-0.2, 0) is 6.54 Å². The summed E-state index contributed by atoms with van der Waals surface area (Å²) in [6.45, 7) is 0.106. The van der Waals surface area contributed by atoms with Crippen LogP contribution in [0.5, 0.6) is 0 Å². The summed E-state index contributed by atoms with van der Waals surface area (Å²) in [5.41, 5.74) is 1.76. The molecule has 3 N–H and O–H groups in total. The molecule has 0 aliphatic heterocycles. The molecule has 0 amide bonds. The van der Waals surface area contributed by atoms with E-state index in [1.807, 2.05) is 0 Å². The lowest BCUT2D eigenvalue weighted by atomic mass is 10.3. The molecule has 2 aromatic heterocycles. The second kappa shape index (κ2) is 5.80. The summed E-state index contributed by atoms with van der Waals surface area (Å²) in [6.07, 6.45) is 1.47. The first-order valence-corrected chi connectivity index (χ1v) is 6.27. The van der Waals surface area contributed by atoms with Crippen LogP contribution in [0.1, 0.15) is 5.69 Å². The highest BCUT2D eigenvalue weighted by Gasteiger charge is 2.16. The van der Waals surface area contributed by atoms with Gasteiger partial charge in [-0.2, -0.15) is 0 Å². The molecule has 0 atom stereocenters. The Morgan fingerprint density at radius 3 is 2.90 bits per heavy atom. The quantitative estimate of drug-likeness (QED) is 0.492. The second-order valence-electron chi connectivity index (χ2n) is 3.89. The standard InChI is InChI=1S/C11H10BrN5O3/c12-7-4-9(17(19)20)11(18)16(5-7)6-8-2-1-3-10(14-8)15-13/h1-5H,6,13H2,(H,14,15). The van der Waals surface area contributed by atoms with Crippen molar-refractivity contribution in [3.63, 3.8) is 0 Å². The molecule has 2 rings (SSSR count). The number of hydrogen-bond donors (Lipinski definition) is 2. The fraction of sp³-hybridized carbons (Fsp3) is 0.0909. The summed E-state index contributed by atoms with van der Waals surface area (Å²) in [6, 6.07) is 6.24. The summed E-state index contributed by atoms with van der Waals surface area (Å²) in [5.74, 6) is 5.70. The molecule has 0 spiro atoms. The van der Waals surface area contributed by atoms with Crippen molar-refractivity contribution >= 4 is 27.4 Å². The third kappa shape index (κ3) is 3.00. The topological polar surface area (TPSA) is 116 Å². The van der Waals surface area contributed by atoms with E-state index in [9.17, 15) is 14.9 Å². The van der Waals surface area contributed by atoms with Gasteiger partial charge >= 0.3 is 11.2 Å². The number of nitrogens with two attached hydrogens (primary N) is 1. The molecule has 104 valence electrons. The highest BCUT2D eigenvalue weighted by Crippen LogP contribution is 2.14. The minimum absolute atomic E-state index is 0.106. The predicted octanol–water partition coefficient (Wildman–Crippen LogP) is 1.25. The Labute approximate surface area is 121 Å². The van der Waals surface area contributed by atoms with Gasteiger partial charge in [0.1, 0.15) is 5.82 Å². The van der Waals surface area contributed by atoms with E-state index in [2.05, 4.69) is 26.3 Å². The molecule has 0 saturated heterocycles. The average molecular weight is 340 g/mol. The van der Waals surface area contributed by atoms with Gasteiger partial charge in [0.05, 0.1) is 17.2 Å². The fourth-order valence-corrected chi connectivity index (χ4v) is 2.12. The largest absolute Gasteiger partial charge is 0.335 e. The smallest absolute Gasteiger partial charge is 0.308 e. The summed E-state index contributed by atoms with van der Waals surface area (Å²) in [4.78, 5) is 26.2. The van der Waals surface area contributed by atoms with Crippen molar-refractivity contribution in [1.29, 1.82) is 0 Å². The maximum Gasteiger partial charge on any atom is 0.335 e. The molecule has 0 radical (unpaired) electrons. The van der Waals surface area contributed by atoms with Crippen LogP contribution in [0.3, 0.4) is 0 Å². The van der Waals surface area contributed by atoms with E-state index in [0.29, 0.717) is 16.0 Å². The second-order valence-corrected chi connectivity index (χ2v) is 4.81. The number of aromatic nitrogens is 2. The SMILES string of the molecule is NNc1cccc(Cn2cc(Br)cc([N+](=O)[O-])c2=O)n1. The van der Waals surface area contributed by atoms with E-state index in [-0.39, 0.29) is 6.54 Å². The van der Waals surface area contributed by atoms with Gasteiger partial charge in [-0.3, -0.25) is 14.9 Å². The average Bonchev–Trinajstić information content (AvgIpc) is 2.42. The first-order valence-electron chi connectivity index (χ1n) is 5.48. The summed E-state index contributed by atoms with van der Waals surface area (Å²) < 4.78 is 1.65. The number of halogens is 1. The molecule has 0 aliphatic carbocycles. The summed E-state index contributed by atoms with van der Waals surface area (Å²) >= 11 is 3.14. The van der Waals surface area contributed by atoms with Crippen molar-refractivity contribution in [1.82, 2.24) is 9.55 Å². The predicted molar refractivity (Wildman–Crippen MR) is 76.2 cm³/mol. The lowest BCUT2D eigenvalue weighted by Crippen LogP contribution is -2.23. The zero-order valence-corrected chi connectivity index (χ0v) is 11.7. The van der Waals surface area contributed by atoms with Crippen molar-refractivity contribution in [3.8, 4) is 0 Å². The Balaban J connectivity index is 2.43. The van der Waals surface area contributed by atoms with E-state index in [0.717, 1.165) is 0 Å². The van der Waals surface area contributed by atoms with E-state index in [1.54, 1.807) is 18.2 Å². The van der Waals surface area contributed by atoms with Crippen LogP contribution in [0.2, 0.25) is 0 Å². The Kier molecular flexibility index (Phi) is 4.11. The first kappa shape index (κ1) is 14.2. The third-order valence-electron chi connectivity index (χ3n) is 2.52. The number of hydrogen-bond acceptors (Lipinski definition) is 6. The van der Waals surface area contributed by atoms with Crippen LogP contribution in [0.4, 0.5) is 11.5 Å². The fourth-order valence-electron chi connectivity index (χ4n) is 1.66. The number of hydrazine groups is 1. The molecule has 0 aliphatic rings. The van der Waals surface area contributed by atoms with E-state index < -0.39 is 16.2 Å². The maximum atomic E-state index is 12.0. The van der Waals surface area contributed by atoms with E-state index in [4.69, 9.17) is 5.84 Å². The Morgan fingerprint density at radius 2 is 2.25 bits per heavy atom. The normalized spacial score (nSPS) is 10.3. The number of anilines is 1. The zero-order chi connectivity index (χ0) is 14.7. The first-order chi connectivity index (χ1) is 9.51. The minimum Gasteiger partial charge on any atom is -0.308 e. The van der Waals surface area contributed by atoms with Crippen molar-refractivity contribution in [2.24, 2.45) is 5.84 Å². The minimum atomic E-state index is -0.713. The van der Waals surface area contributed by atoms with Crippen LogP contribution in [-0.4, -0.2) is 14.5 Å². The Morgan fingerprint density at radius 1 is 1.50 bits per heavy atom. The van der Waals surface area contributed by atoms with Gasteiger partial charge in [-0.05, 0) is 28.1 Å². The van der Waals surface area contributed by atoms with Crippen LogP contribution in [0.25, 0.3) is 0 Å². The monoisotopic (exact) mass is 339 g/mol. The van der Waals surface area contributed by atoms with Crippen molar-refractivity contribution < 1.29 is 4.92 Å². The highest BCUT2D eigenvalue weighted by molar-refractivity contribution is 9.10. The van der Waals surface area contributed by atoms with Crippen LogP contribution < -0.4 is 16.8 Å². The number of nitrogens with zero attached hydrogens (tertiary/aromatic N) is 3. The van der Waals surface area contributed by atoms with Gasteiger partial charge in [-0.15, -0.1) is 0 Å². The lowest BCUT2D eigenvalue weighted by Gasteiger charge is -2.07. The molecule has 2 heterocycles. The van der Waals surface area contributed by atoms with Gasteiger partial charge in [0.2, 0.25) is 0 Å². The maximum absolute atomic E-state index is 12.0. The Bertz CT molecular complexity index is 715. The molecule has 0 unspecified atom stereocenters. The number of nitrogens with one attached hydrogen (secondary N) is 1. The molecule has 2 aromatic rings. The molecule has 20 heavy (non-hydrogen) atoms. The molecular formula is C11H10BrN5O3. The third-order valence-corrected chi connectivity index (χ3v) is 2.95. The van der Waals surface area contributed by atoms with Crippen molar-refractivity contribution in [2.45, 2.75) is 6.54 Å². The molecule has 0 fully saturated rings. The summed E-state index contributed by atoms with van der Waals surface area (Å²) in [7, 11) is 0. The van der Waals surface area contributed by atoms with Crippen LogP contribution in [0.15, 0.2) is 39.7 Å². The molecule has 0 bridgehead atoms. The number of pyridine rings is 2. The number of rotatable bonds is 4. The zero-order valence-electron chi connectivity index (χ0n) is 10.1. The molecule has 8 nitrogen and oxygen atoms in total. The van der Waals surface area contributed by atoms with Crippen molar-refractivity contribution in [2.75, 3.05) is 5.43 Å². The highest BCUT2D eigenvalue weighted by atomic mass is 79.9. The lowest BCUT2D eigenvalue weighted by molar-refractivity contribution is -0.386. The van der Waals surface area contributed by atoms with Gasteiger partial charge in [0.25, 0.3) is 0 Å². The molecular weight excluding hydrogens is 330 g/mol. The van der Waals surface area contributed by atoms with Gasteiger partial charge in [-0.25, -0.2) is 10.8 Å². The van der Waals surface area contributed by atoms with E-state index in [1.165, 1.54) is 16.8 Å². The van der Waals surface area contributed by atoms with Gasteiger partial charge in [0.15, 0.2) is 0 Å². The molecule has 0 aromatic carbocycles. The van der Waals surface area contributed by atoms with Gasteiger partial charge in [-0.1, -0.05) is 6.07 Å². The van der Waals surface area contributed by atoms with E-state index >= 15 is 0 Å². The van der Waals surface area contributed by atoms with Crippen LogP contribution >= 0.6 is 15.9 Å².